The molecule has 1 aromatic heterocycles. The van der Waals surface area contributed by atoms with Crippen molar-refractivity contribution in [3.63, 3.8) is 0 Å². The molecule has 2 rings (SSSR count). The molecule has 0 spiro atoms. The van der Waals surface area contributed by atoms with E-state index in [9.17, 15) is 4.79 Å². The molecule has 3 nitrogen and oxygen atoms in total. The summed E-state index contributed by atoms with van der Waals surface area (Å²) in [5, 5.41) is 3.48. The normalized spacial score (nSPS) is 11.0. The minimum absolute atomic E-state index is 0.0846. The zero-order chi connectivity index (χ0) is 11.7. The molecule has 0 saturated heterocycles. The van der Waals surface area contributed by atoms with Crippen LogP contribution in [0.25, 0.3) is 11.3 Å². The third-order valence-corrected chi connectivity index (χ3v) is 2.67. The summed E-state index contributed by atoms with van der Waals surface area (Å²) in [6.45, 7) is 4.05. The Labute approximate surface area is 98.7 Å². The average molecular weight is 237 g/mol. The highest BCUT2D eigenvalue weighted by Gasteiger charge is 2.09. The van der Waals surface area contributed by atoms with Crippen LogP contribution in [-0.4, -0.2) is 9.78 Å². The van der Waals surface area contributed by atoms with Crippen LogP contribution in [0.15, 0.2) is 35.1 Å². The second-order valence-corrected chi connectivity index (χ2v) is 4.41. The molecule has 0 fully saturated rings. The lowest BCUT2D eigenvalue weighted by atomic mass is 10.1. The van der Waals surface area contributed by atoms with Crippen molar-refractivity contribution in [1.82, 2.24) is 9.78 Å². The molecule has 0 bridgehead atoms. The van der Waals surface area contributed by atoms with Crippen LogP contribution in [0.3, 0.4) is 0 Å². The molecule has 1 heterocycles. The number of H-pyrrole nitrogens is 1. The van der Waals surface area contributed by atoms with Gasteiger partial charge < -0.3 is 0 Å². The summed E-state index contributed by atoms with van der Waals surface area (Å²) in [6.07, 6.45) is 0. The molecule has 0 amide bonds. The lowest BCUT2D eigenvalue weighted by Crippen LogP contribution is -2.08. The predicted molar refractivity (Wildman–Crippen MR) is 65.9 cm³/mol. The van der Waals surface area contributed by atoms with Crippen molar-refractivity contribution in [3.05, 3.63) is 45.7 Å². The SMILES string of the molecule is CC(C)n1[nH]c(=O)cc1-c1ccc(Cl)cc1. The molecule has 0 unspecified atom stereocenters. The van der Waals surface area contributed by atoms with E-state index < -0.39 is 0 Å². The zero-order valence-electron chi connectivity index (χ0n) is 9.20. The molecule has 0 aliphatic carbocycles. The number of rotatable bonds is 2. The van der Waals surface area contributed by atoms with Gasteiger partial charge in [0.2, 0.25) is 0 Å². The van der Waals surface area contributed by atoms with Gasteiger partial charge in [-0.2, -0.15) is 0 Å². The van der Waals surface area contributed by atoms with E-state index in [1.807, 2.05) is 42.8 Å². The van der Waals surface area contributed by atoms with Crippen LogP contribution in [0.4, 0.5) is 0 Å². The molecule has 0 saturated carbocycles. The van der Waals surface area contributed by atoms with Gasteiger partial charge in [0.25, 0.3) is 5.56 Å². The maximum Gasteiger partial charge on any atom is 0.264 e. The van der Waals surface area contributed by atoms with E-state index >= 15 is 0 Å². The summed E-state index contributed by atoms with van der Waals surface area (Å²) in [6, 6.07) is 9.27. The van der Waals surface area contributed by atoms with Gasteiger partial charge in [0.05, 0.1) is 5.69 Å². The molecule has 0 aliphatic rings. The zero-order valence-corrected chi connectivity index (χ0v) is 9.95. The Morgan fingerprint density at radius 1 is 1.25 bits per heavy atom. The maximum atomic E-state index is 11.4. The summed E-state index contributed by atoms with van der Waals surface area (Å²) < 4.78 is 1.85. The highest BCUT2D eigenvalue weighted by Crippen LogP contribution is 2.22. The van der Waals surface area contributed by atoms with E-state index in [1.54, 1.807) is 6.07 Å². The van der Waals surface area contributed by atoms with E-state index in [-0.39, 0.29) is 11.6 Å². The van der Waals surface area contributed by atoms with Crippen LogP contribution in [0.2, 0.25) is 5.02 Å². The Hall–Kier alpha value is -1.48. The maximum absolute atomic E-state index is 11.4. The van der Waals surface area contributed by atoms with Crippen molar-refractivity contribution in [3.8, 4) is 11.3 Å². The molecule has 4 heteroatoms. The van der Waals surface area contributed by atoms with Gasteiger partial charge in [-0.15, -0.1) is 0 Å². The molecule has 84 valence electrons. The van der Waals surface area contributed by atoms with Crippen LogP contribution in [-0.2, 0) is 0 Å². The molecular weight excluding hydrogens is 224 g/mol. The van der Waals surface area contributed by atoms with Crippen LogP contribution in [0, 0.1) is 0 Å². The number of aromatic amines is 1. The number of nitrogens with zero attached hydrogens (tertiary/aromatic N) is 1. The Balaban J connectivity index is 2.55. The lowest BCUT2D eigenvalue weighted by Gasteiger charge is -2.11. The first-order chi connectivity index (χ1) is 7.58. The van der Waals surface area contributed by atoms with Crippen molar-refractivity contribution >= 4 is 11.6 Å². The fourth-order valence-electron chi connectivity index (χ4n) is 1.66. The van der Waals surface area contributed by atoms with Gasteiger partial charge in [-0.25, -0.2) is 0 Å². The molecule has 0 aliphatic heterocycles. The van der Waals surface area contributed by atoms with Gasteiger partial charge in [0.15, 0.2) is 0 Å². The summed E-state index contributed by atoms with van der Waals surface area (Å²) in [5.74, 6) is 0. The summed E-state index contributed by atoms with van der Waals surface area (Å²) in [5.41, 5.74) is 1.78. The second-order valence-electron chi connectivity index (χ2n) is 3.98. The monoisotopic (exact) mass is 236 g/mol. The Bertz CT molecular complexity index is 537. The standard InChI is InChI=1S/C12H13ClN2O/c1-8(2)15-11(7-12(16)14-15)9-3-5-10(13)6-4-9/h3-8H,1-2H3,(H,14,16). The van der Waals surface area contributed by atoms with Crippen molar-refractivity contribution < 1.29 is 0 Å². The van der Waals surface area contributed by atoms with Gasteiger partial charge in [0.1, 0.15) is 0 Å². The highest BCUT2D eigenvalue weighted by atomic mass is 35.5. The molecule has 16 heavy (non-hydrogen) atoms. The van der Waals surface area contributed by atoms with Crippen LogP contribution >= 0.6 is 11.6 Å². The first-order valence-corrected chi connectivity index (χ1v) is 5.53. The fraction of sp³-hybridized carbons (Fsp3) is 0.250. The Morgan fingerprint density at radius 2 is 1.88 bits per heavy atom. The minimum atomic E-state index is -0.0846. The first-order valence-electron chi connectivity index (χ1n) is 5.15. The number of hydrogen-bond donors (Lipinski definition) is 1. The first kappa shape index (κ1) is 11.0. The summed E-state index contributed by atoms with van der Waals surface area (Å²) in [7, 11) is 0. The average Bonchev–Trinajstić information content (AvgIpc) is 2.61. The predicted octanol–water partition coefficient (Wildman–Crippen LogP) is 3.08. The number of benzene rings is 1. The van der Waals surface area contributed by atoms with Crippen LogP contribution < -0.4 is 5.56 Å². The van der Waals surface area contributed by atoms with Crippen LogP contribution in [0.1, 0.15) is 19.9 Å². The van der Waals surface area contributed by atoms with E-state index in [2.05, 4.69) is 5.10 Å². The van der Waals surface area contributed by atoms with Crippen molar-refractivity contribution in [2.75, 3.05) is 0 Å². The fourth-order valence-corrected chi connectivity index (χ4v) is 1.78. The molecule has 1 N–H and O–H groups in total. The van der Waals surface area contributed by atoms with E-state index in [0.29, 0.717) is 5.02 Å². The quantitative estimate of drug-likeness (QED) is 0.855. The largest absolute Gasteiger partial charge is 0.282 e. The van der Waals surface area contributed by atoms with E-state index in [1.165, 1.54) is 0 Å². The lowest BCUT2D eigenvalue weighted by molar-refractivity contribution is 0.534. The Kier molecular flexibility index (Phi) is 2.88. The van der Waals surface area contributed by atoms with Gasteiger partial charge in [-0.05, 0) is 31.5 Å². The van der Waals surface area contributed by atoms with Gasteiger partial charge >= 0.3 is 0 Å². The van der Waals surface area contributed by atoms with Gasteiger partial charge in [-0.1, -0.05) is 23.7 Å². The summed E-state index contributed by atoms with van der Waals surface area (Å²) in [4.78, 5) is 11.4. The smallest absolute Gasteiger partial charge is 0.264 e. The van der Waals surface area contributed by atoms with Gasteiger partial charge in [0, 0.05) is 17.1 Å². The minimum Gasteiger partial charge on any atom is -0.282 e. The third-order valence-electron chi connectivity index (χ3n) is 2.41. The highest BCUT2D eigenvalue weighted by molar-refractivity contribution is 6.30. The topological polar surface area (TPSA) is 37.8 Å². The Morgan fingerprint density at radius 3 is 2.44 bits per heavy atom. The van der Waals surface area contributed by atoms with Gasteiger partial charge in [-0.3, -0.25) is 14.6 Å². The van der Waals surface area contributed by atoms with Crippen molar-refractivity contribution in [2.45, 2.75) is 19.9 Å². The van der Waals surface area contributed by atoms with Crippen molar-refractivity contribution in [1.29, 1.82) is 0 Å². The molecule has 1 aromatic carbocycles. The molecule has 2 aromatic rings. The molecule has 0 atom stereocenters. The molecule has 0 radical (unpaired) electrons. The summed E-state index contributed by atoms with van der Waals surface area (Å²) >= 11 is 5.83. The number of hydrogen-bond acceptors (Lipinski definition) is 1. The van der Waals surface area contributed by atoms with E-state index in [4.69, 9.17) is 11.6 Å². The third kappa shape index (κ3) is 2.04. The number of halogens is 1. The number of nitrogens with one attached hydrogen (secondary N) is 1. The molecular formula is C12H13ClN2O. The van der Waals surface area contributed by atoms with Crippen LogP contribution in [0.5, 0.6) is 0 Å². The van der Waals surface area contributed by atoms with E-state index in [0.717, 1.165) is 11.3 Å². The number of aromatic nitrogens is 2. The van der Waals surface area contributed by atoms with Crippen molar-refractivity contribution in [2.24, 2.45) is 0 Å². The second kappa shape index (κ2) is 4.18.